The van der Waals surface area contributed by atoms with E-state index in [1.54, 1.807) is 12.1 Å². The van der Waals surface area contributed by atoms with Crippen LogP contribution in [-0.2, 0) is 0 Å². The van der Waals surface area contributed by atoms with Gasteiger partial charge in [0.25, 0.3) is 0 Å². The van der Waals surface area contributed by atoms with E-state index in [0.29, 0.717) is 17.2 Å². The summed E-state index contributed by atoms with van der Waals surface area (Å²) in [6.07, 6.45) is 0. The van der Waals surface area contributed by atoms with Gasteiger partial charge in [-0.05, 0) is 24.3 Å². The van der Waals surface area contributed by atoms with Crippen LogP contribution >= 0.6 is 0 Å². The minimum absolute atomic E-state index is 0.0593. The molecule has 0 saturated carbocycles. The van der Waals surface area contributed by atoms with Crippen molar-refractivity contribution in [2.24, 2.45) is 0 Å². The first-order chi connectivity index (χ1) is 7.65. The van der Waals surface area contributed by atoms with E-state index in [1.807, 2.05) is 0 Å². The molecule has 0 aromatic heterocycles. The number of ether oxygens (including phenoxy) is 1. The average molecular weight is 219 g/mol. The molecule has 0 bridgehead atoms. The number of aromatic hydroxyl groups is 1. The molecular weight excluding hydrogens is 209 g/mol. The van der Waals surface area contributed by atoms with E-state index in [-0.39, 0.29) is 11.6 Å². The van der Waals surface area contributed by atoms with Crippen molar-refractivity contribution in [3.63, 3.8) is 0 Å². The fourth-order valence-corrected chi connectivity index (χ4v) is 1.29. The second kappa shape index (κ2) is 4.10. The first-order valence-electron chi connectivity index (χ1n) is 4.67. The Hall–Kier alpha value is -2.23. The third-order valence-corrected chi connectivity index (χ3v) is 2.02. The van der Waals surface area contributed by atoms with E-state index < -0.39 is 0 Å². The van der Waals surface area contributed by atoms with Crippen molar-refractivity contribution in [3.8, 4) is 17.2 Å². The van der Waals surface area contributed by atoms with Crippen LogP contribution in [-0.4, -0.2) is 5.11 Å². The van der Waals surface area contributed by atoms with Crippen LogP contribution in [0.5, 0.6) is 17.2 Å². The van der Waals surface area contributed by atoms with Crippen molar-refractivity contribution in [2.45, 2.75) is 0 Å². The largest absolute Gasteiger partial charge is 0.508 e. The number of phenolic OH excluding ortho intramolecular Hbond substituents is 1. The first-order valence-corrected chi connectivity index (χ1v) is 4.67. The molecule has 3 nitrogen and oxygen atoms in total. The molecule has 0 radical (unpaired) electrons. The molecule has 2 aromatic rings. The molecule has 0 aliphatic heterocycles. The molecule has 0 aliphatic rings. The van der Waals surface area contributed by atoms with Gasteiger partial charge in [-0.1, -0.05) is 6.07 Å². The minimum Gasteiger partial charge on any atom is -0.508 e. The van der Waals surface area contributed by atoms with Gasteiger partial charge in [-0.3, -0.25) is 0 Å². The third kappa shape index (κ3) is 2.23. The van der Waals surface area contributed by atoms with Crippen LogP contribution in [0.3, 0.4) is 0 Å². The molecule has 0 heterocycles. The maximum absolute atomic E-state index is 12.9. The molecule has 0 unspecified atom stereocenters. The maximum atomic E-state index is 12.9. The van der Waals surface area contributed by atoms with Gasteiger partial charge in [0.05, 0.1) is 5.69 Å². The molecule has 0 spiro atoms. The summed E-state index contributed by atoms with van der Waals surface area (Å²) in [4.78, 5) is 0. The Balaban J connectivity index is 2.27. The lowest BCUT2D eigenvalue weighted by Crippen LogP contribution is -1.91. The SMILES string of the molecule is Nc1cc(O)ccc1Oc1cccc(F)c1. The summed E-state index contributed by atoms with van der Waals surface area (Å²) < 4.78 is 18.3. The van der Waals surface area contributed by atoms with Gasteiger partial charge in [-0.2, -0.15) is 0 Å². The Morgan fingerprint density at radius 2 is 1.94 bits per heavy atom. The van der Waals surface area contributed by atoms with E-state index in [4.69, 9.17) is 15.6 Å². The zero-order chi connectivity index (χ0) is 11.5. The van der Waals surface area contributed by atoms with Gasteiger partial charge < -0.3 is 15.6 Å². The molecule has 82 valence electrons. The third-order valence-electron chi connectivity index (χ3n) is 2.02. The topological polar surface area (TPSA) is 55.5 Å². The molecule has 0 aliphatic carbocycles. The monoisotopic (exact) mass is 219 g/mol. The molecule has 2 aromatic carbocycles. The first kappa shape index (κ1) is 10.3. The number of nitrogen functional groups attached to an aromatic ring is 1. The Bertz CT molecular complexity index is 514. The number of hydrogen-bond donors (Lipinski definition) is 2. The summed E-state index contributed by atoms with van der Waals surface area (Å²) in [5.74, 6) is 0.416. The van der Waals surface area contributed by atoms with Gasteiger partial charge >= 0.3 is 0 Å². The Morgan fingerprint density at radius 3 is 2.62 bits per heavy atom. The van der Waals surface area contributed by atoms with Crippen LogP contribution in [0.2, 0.25) is 0 Å². The van der Waals surface area contributed by atoms with E-state index in [1.165, 1.54) is 30.3 Å². The van der Waals surface area contributed by atoms with Gasteiger partial charge in [0.15, 0.2) is 5.75 Å². The lowest BCUT2D eigenvalue weighted by molar-refractivity contribution is 0.464. The van der Waals surface area contributed by atoms with Crippen LogP contribution in [0.4, 0.5) is 10.1 Å². The highest BCUT2D eigenvalue weighted by molar-refractivity contribution is 5.57. The summed E-state index contributed by atoms with van der Waals surface area (Å²) in [7, 11) is 0. The highest BCUT2D eigenvalue weighted by Gasteiger charge is 2.03. The summed E-state index contributed by atoms with van der Waals surface area (Å²) >= 11 is 0. The standard InChI is InChI=1S/C12H10FNO2/c13-8-2-1-3-10(6-8)16-12-5-4-9(15)7-11(12)14/h1-7,15H,14H2. The number of phenols is 1. The fourth-order valence-electron chi connectivity index (χ4n) is 1.29. The van der Waals surface area contributed by atoms with Gasteiger partial charge in [0.2, 0.25) is 0 Å². The molecule has 2 rings (SSSR count). The Labute approximate surface area is 91.9 Å². The van der Waals surface area contributed by atoms with Crippen LogP contribution < -0.4 is 10.5 Å². The Kier molecular flexibility index (Phi) is 2.64. The van der Waals surface area contributed by atoms with E-state index >= 15 is 0 Å². The molecule has 0 atom stereocenters. The van der Waals surface area contributed by atoms with Crippen molar-refractivity contribution in [1.82, 2.24) is 0 Å². The van der Waals surface area contributed by atoms with E-state index in [9.17, 15) is 4.39 Å². The molecule has 0 amide bonds. The van der Waals surface area contributed by atoms with Gasteiger partial charge in [-0.25, -0.2) is 4.39 Å². The molecule has 0 saturated heterocycles. The van der Waals surface area contributed by atoms with Gasteiger partial charge in [-0.15, -0.1) is 0 Å². The van der Waals surface area contributed by atoms with Crippen LogP contribution in [0.25, 0.3) is 0 Å². The number of rotatable bonds is 2. The molecule has 4 heteroatoms. The summed E-state index contributed by atoms with van der Waals surface area (Å²) in [6, 6.07) is 10.1. The quantitative estimate of drug-likeness (QED) is 0.763. The molecule has 3 N–H and O–H groups in total. The zero-order valence-corrected chi connectivity index (χ0v) is 8.35. The van der Waals surface area contributed by atoms with E-state index in [0.717, 1.165) is 0 Å². The average Bonchev–Trinajstić information content (AvgIpc) is 2.22. The molecule has 0 fully saturated rings. The zero-order valence-electron chi connectivity index (χ0n) is 8.35. The second-order valence-corrected chi connectivity index (χ2v) is 3.28. The smallest absolute Gasteiger partial charge is 0.150 e. The van der Waals surface area contributed by atoms with Crippen molar-refractivity contribution < 1.29 is 14.2 Å². The van der Waals surface area contributed by atoms with Crippen molar-refractivity contribution in [1.29, 1.82) is 0 Å². The summed E-state index contributed by atoms with van der Waals surface area (Å²) in [5, 5.41) is 9.15. The minimum atomic E-state index is -0.380. The number of halogens is 1. The maximum Gasteiger partial charge on any atom is 0.150 e. The van der Waals surface area contributed by atoms with E-state index in [2.05, 4.69) is 0 Å². The lowest BCUT2D eigenvalue weighted by atomic mass is 10.3. The second-order valence-electron chi connectivity index (χ2n) is 3.28. The Morgan fingerprint density at radius 1 is 1.12 bits per heavy atom. The molecular formula is C12H10FNO2. The van der Waals surface area contributed by atoms with Crippen LogP contribution in [0, 0.1) is 5.82 Å². The highest BCUT2D eigenvalue weighted by atomic mass is 19.1. The van der Waals surface area contributed by atoms with Gasteiger partial charge in [0.1, 0.15) is 17.3 Å². The van der Waals surface area contributed by atoms with Gasteiger partial charge in [0, 0.05) is 12.1 Å². The van der Waals surface area contributed by atoms with Crippen molar-refractivity contribution in [2.75, 3.05) is 5.73 Å². The number of nitrogens with two attached hydrogens (primary N) is 1. The predicted octanol–water partition coefficient (Wildman–Crippen LogP) is 2.91. The number of anilines is 1. The summed E-state index contributed by atoms with van der Waals surface area (Å²) in [6.45, 7) is 0. The normalized spacial score (nSPS) is 10.1. The lowest BCUT2D eigenvalue weighted by Gasteiger charge is -2.08. The fraction of sp³-hybridized carbons (Fsp3) is 0. The number of hydrogen-bond acceptors (Lipinski definition) is 3. The van der Waals surface area contributed by atoms with Crippen molar-refractivity contribution >= 4 is 5.69 Å². The predicted molar refractivity (Wildman–Crippen MR) is 59.0 cm³/mol. The summed E-state index contributed by atoms with van der Waals surface area (Å²) in [5.41, 5.74) is 5.92. The van der Waals surface area contributed by atoms with Crippen LogP contribution in [0.15, 0.2) is 42.5 Å². The number of benzene rings is 2. The molecule has 16 heavy (non-hydrogen) atoms. The highest BCUT2D eigenvalue weighted by Crippen LogP contribution is 2.30. The van der Waals surface area contributed by atoms with Crippen molar-refractivity contribution in [3.05, 3.63) is 48.3 Å². The van der Waals surface area contributed by atoms with Crippen LogP contribution in [0.1, 0.15) is 0 Å².